The number of amides is 1. The predicted molar refractivity (Wildman–Crippen MR) is 129 cm³/mol. The number of nitrogens with zero attached hydrogens (tertiary/aromatic N) is 1. The van der Waals surface area contributed by atoms with Crippen molar-refractivity contribution >= 4 is 33.4 Å². The van der Waals surface area contributed by atoms with Crippen LogP contribution in [0.15, 0.2) is 53.4 Å². The zero-order chi connectivity index (χ0) is 22.3. The van der Waals surface area contributed by atoms with Crippen LogP contribution in [0, 0.1) is 13.8 Å². The summed E-state index contributed by atoms with van der Waals surface area (Å²) < 4.78 is 27.9. The lowest BCUT2D eigenvalue weighted by atomic mass is 10.0. The van der Waals surface area contributed by atoms with Gasteiger partial charge in [0.1, 0.15) is 6.54 Å². The number of nitrogens with one attached hydrogen (secondary N) is 1. The third kappa shape index (κ3) is 6.74. The minimum absolute atomic E-state index is 0.181. The van der Waals surface area contributed by atoms with Crippen LogP contribution in [0.5, 0.6) is 0 Å². The third-order valence-corrected chi connectivity index (χ3v) is 8.69. The van der Waals surface area contributed by atoms with Crippen molar-refractivity contribution in [3.8, 4) is 0 Å². The van der Waals surface area contributed by atoms with Gasteiger partial charge in [0.15, 0.2) is 0 Å². The molecule has 1 saturated carbocycles. The van der Waals surface area contributed by atoms with Crippen molar-refractivity contribution < 1.29 is 13.2 Å². The van der Waals surface area contributed by atoms with Crippen LogP contribution in [0.1, 0.15) is 43.2 Å². The fourth-order valence-electron chi connectivity index (χ4n) is 3.77. The second kappa shape index (κ2) is 11.0. The molecule has 0 heterocycles. The Hall–Kier alpha value is -1.99. The number of carbonyl (C=O) groups excluding carboxylic acids is 1. The van der Waals surface area contributed by atoms with Crippen LogP contribution in [-0.4, -0.2) is 38.4 Å². The molecule has 31 heavy (non-hydrogen) atoms. The molecule has 2 aromatic rings. The van der Waals surface area contributed by atoms with E-state index in [2.05, 4.69) is 5.32 Å². The van der Waals surface area contributed by atoms with E-state index < -0.39 is 10.0 Å². The van der Waals surface area contributed by atoms with Crippen LogP contribution in [0.4, 0.5) is 5.69 Å². The second-order valence-electron chi connectivity index (χ2n) is 8.14. The predicted octanol–water partition coefficient (Wildman–Crippen LogP) is 4.68. The van der Waals surface area contributed by atoms with Crippen molar-refractivity contribution in [1.82, 2.24) is 5.32 Å². The number of thioether (sulfide) groups is 1. The molecule has 7 heteroatoms. The molecule has 0 aromatic heterocycles. The third-order valence-electron chi connectivity index (χ3n) is 5.52. The normalized spacial score (nSPS) is 14.9. The first-order chi connectivity index (χ1) is 14.9. The van der Waals surface area contributed by atoms with Gasteiger partial charge in [-0.05, 0) is 56.5 Å². The van der Waals surface area contributed by atoms with Crippen molar-refractivity contribution in [2.24, 2.45) is 0 Å². The molecule has 2 aromatic carbocycles. The zero-order valence-corrected chi connectivity index (χ0v) is 20.0. The Morgan fingerprint density at radius 2 is 1.74 bits per heavy atom. The zero-order valence-electron chi connectivity index (χ0n) is 18.3. The Kier molecular flexibility index (Phi) is 8.43. The van der Waals surface area contributed by atoms with Crippen molar-refractivity contribution in [3.63, 3.8) is 0 Å². The van der Waals surface area contributed by atoms with Gasteiger partial charge in [-0.15, -0.1) is 0 Å². The van der Waals surface area contributed by atoms with E-state index in [1.165, 1.54) is 36.4 Å². The molecule has 0 bridgehead atoms. The molecule has 3 rings (SSSR count). The summed E-state index contributed by atoms with van der Waals surface area (Å²) in [5, 5.41) is 3.59. The molecule has 1 aliphatic rings. The largest absolute Gasteiger partial charge is 0.354 e. The van der Waals surface area contributed by atoms with Crippen LogP contribution in [-0.2, 0) is 14.8 Å². The number of benzene rings is 2. The van der Waals surface area contributed by atoms with Crippen LogP contribution in [0.25, 0.3) is 0 Å². The minimum atomic E-state index is -3.86. The SMILES string of the molecule is Cc1ccc(S(=O)(=O)N(CC(=O)NCCSC2CCCCC2)c2cccc(C)c2)cc1. The molecule has 1 N–H and O–H groups in total. The number of rotatable bonds is 9. The molecule has 0 atom stereocenters. The molecule has 5 nitrogen and oxygen atoms in total. The van der Waals surface area contributed by atoms with Gasteiger partial charge in [0.2, 0.25) is 5.91 Å². The first-order valence-corrected chi connectivity index (χ1v) is 13.4. The quantitative estimate of drug-likeness (QED) is 0.552. The lowest BCUT2D eigenvalue weighted by Crippen LogP contribution is -2.41. The standard InChI is InChI=1S/C24H32N2O3S2/c1-19-11-13-23(14-12-19)31(28,29)26(21-8-6-7-20(2)17-21)18-24(27)25-15-16-30-22-9-4-3-5-10-22/h6-8,11-14,17,22H,3-5,9-10,15-16,18H2,1-2H3,(H,25,27). The molecular weight excluding hydrogens is 428 g/mol. The lowest BCUT2D eigenvalue weighted by molar-refractivity contribution is -0.119. The number of aryl methyl sites for hydroxylation is 2. The van der Waals surface area contributed by atoms with E-state index in [9.17, 15) is 13.2 Å². The summed E-state index contributed by atoms with van der Waals surface area (Å²) in [5.74, 6) is 0.562. The Morgan fingerprint density at radius 3 is 2.42 bits per heavy atom. The number of anilines is 1. The van der Waals surface area contributed by atoms with Crippen molar-refractivity contribution in [2.75, 3.05) is 23.1 Å². The summed E-state index contributed by atoms with van der Waals surface area (Å²) in [6.45, 7) is 4.12. The van der Waals surface area contributed by atoms with E-state index in [4.69, 9.17) is 0 Å². The monoisotopic (exact) mass is 460 g/mol. The van der Waals surface area contributed by atoms with Gasteiger partial charge in [0, 0.05) is 17.5 Å². The highest BCUT2D eigenvalue weighted by Gasteiger charge is 2.27. The van der Waals surface area contributed by atoms with Gasteiger partial charge in [-0.1, -0.05) is 49.1 Å². The van der Waals surface area contributed by atoms with Gasteiger partial charge in [-0.3, -0.25) is 9.10 Å². The molecule has 0 saturated heterocycles. The highest BCUT2D eigenvalue weighted by atomic mass is 32.2. The summed E-state index contributed by atoms with van der Waals surface area (Å²) in [5.41, 5.74) is 2.41. The number of sulfonamides is 1. The maximum Gasteiger partial charge on any atom is 0.264 e. The van der Waals surface area contributed by atoms with E-state index >= 15 is 0 Å². The summed E-state index contributed by atoms with van der Waals surface area (Å²) in [6.07, 6.45) is 6.44. The molecule has 168 valence electrons. The van der Waals surface area contributed by atoms with Crippen LogP contribution < -0.4 is 9.62 Å². The van der Waals surface area contributed by atoms with Gasteiger partial charge in [-0.2, -0.15) is 11.8 Å². The second-order valence-corrected chi connectivity index (χ2v) is 11.4. The van der Waals surface area contributed by atoms with E-state index in [0.29, 0.717) is 17.5 Å². The van der Waals surface area contributed by atoms with Gasteiger partial charge >= 0.3 is 0 Å². The minimum Gasteiger partial charge on any atom is -0.354 e. The molecule has 1 fully saturated rings. The topological polar surface area (TPSA) is 66.5 Å². The van der Waals surface area contributed by atoms with Gasteiger partial charge in [-0.25, -0.2) is 8.42 Å². The fourth-order valence-corrected chi connectivity index (χ4v) is 6.40. The van der Waals surface area contributed by atoms with Crippen molar-refractivity contribution in [1.29, 1.82) is 0 Å². The Balaban J connectivity index is 1.68. The van der Waals surface area contributed by atoms with E-state index in [1.54, 1.807) is 42.5 Å². The lowest BCUT2D eigenvalue weighted by Gasteiger charge is -2.25. The highest BCUT2D eigenvalue weighted by Crippen LogP contribution is 2.28. The molecule has 0 spiro atoms. The van der Waals surface area contributed by atoms with E-state index in [1.807, 2.05) is 31.7 Å². The summed E-state index contributed by atoms with van der Waals surface area (Å²) in [4.78, 5) is 12.8. The first-order valence-electron chi connectivity index (χ1n) is 10.9. The van der Waals surface area contributed by atoms with Crippen LogP contribution >= 0.6 is 11.8 Å². The number of hydrogen-bond donors (Lipinski definition) is 1. The summed E-state index contributed by atoms with van der Waals surface area (Å²) in [7, 11) is -3.86. The average molecular weight is 461 g/mol. The van der Waals surface area contributed by atoms with Crippen LogP contribution in [0.2, 0.25) is 0 Å². The Morgan fingerprint density at radius 1 is 1.03 bits per heavy atom. The average Bonchev–Trinajstić information content (AvgIpc) is 2.76. The first kappa shape index (κ1) is 23.7. The molecule has 0 aliphatic heterocycles. The highest BCUT2D eigenvalue weighted by molar-refractivity contribution is 7.99. The summed E-state index contributed by atoms with van der Waals surface area (Å²) in [6, 6.07) is 13.9. The number of carbonyl (C=O) groups is 1. The Labute approximate surface area is 190 Å². The van der Waals surface area contributed by atoms with Gasteiger partial charge < -0.3 is 5.32 Å². The fraction of sp³-hybridized carbons (Fsp3) is 0.458. The van der Waals surface area contributed by atoms with E-state index in [0.717, 1.165) is 16.9 Å². The number of hydrogen-bond acceptors (Lipinski definition) is 4. The maximum absolute atomic E-state index is 13.4. The molecule has 0 radical (unpaired) electrons. The van der Waals surface area contributed by atoms with Gasteiger partial charge in [0.05, 0.1) is 10.6 Å². The molecular formula is C24H32N2O3S2. The molecule has 1 aliphatic carbocycles. The molecule has 0 unspecified atom stereocenters. The van der Waals surface area contributed by atoms with Crippen LogP contribution in [0.3, 0.4) is 0 Å². The van der Waals surface area contributed by atoms with Gasteiger partial charge in [0.25, 0.3) is 10.0 Å². The smallest absolute Gasteiger partial charge is 0.264 e. The molecule has 1 amide bonds. The van der Waals surface area contributed by atoms with Crippen molar-refractivity contribution in [3.05, 3.63) is 59.7 Å². The Bertz CT molecular complexity index is 969. The summed E-state index contributed by atoms with van der Waals surface area (Å²) >= 11 is 1.91. The maximum atomic E-state index is 13.4. The van der Waals surface area contributed by atoms with E-state index in [-0.39, 0.29) is 17.3 Å². The van der Waals surface area contributed by atoms with Crippen molar-refractivity contribution in [2.45, 2.75) is 56.1 Å².